The van der Waals surface area contributed by atoms with Gasteiger partial charge in [0.1, 0.15) is 24.8 Å². The van der Waals surface area contributed by atoms with Crippen LogP contribution < -0.4 is 10.6 Å². The van der Waals surface area contributed by atoms with E-state index in [-0.39, 0.29) is 42.9 Å². The molecule has 4 amide bonds. The van der Waals surface area contributed by atoms with Crippen molar-refractivity contribution in [2.24, 2.45) is 23.2 Å². The molecule has 0 aromatic heterocycles. The standard InChI is InChI=1S/C40H53BN4O8/c1-7-33(41-52-32-18-28-17-31(39(28,4)5)40(32,6)53-41)42-35(46)30-19-29(51-38(49)44-20-26-15-11-12-16-27(26)21-44)22-45(30)36(47)34(24(2)3)43-37(48)50-23-25-13-9-8-10-14-25/h8-16,24,28-34H,7,17-23H2,1-6H3,(H,42,46)(H,43,48)/t28-,29-,30+,31-,32-,33+,34+,40+/m1/s1. The molecule has 2 aromatic carbocycles. The molecule has 0 unspecified atom stereocenters. The van der Waals surface area contributed by atoms with E-state index in [0.717, 1.165) is 29.5 Å². The van der Waals surface area contributed by atoms with Crippen LogP contribution in [0.15, 0.2) is 54.6 Å². The second-order valence-corrected chi connectivity index (χ2v) is 16.7. The van der Waals surface area contributed by atoms with Gasteiger partial charge in [0.25, 0.3) is 0 Å². The number of benzene rings is 2. The summed E-state index contributed by atoms with van der Waals surface area (Å²) in [5.74, 6) is -0.664. The maximum atomic E-state index is 14.3. The van der Waals surface area contributed by atoms with Gasteiger partial charge in [0.05, 0.1) is 24.2 Å². The minimum Gasteiger partial charge on any atom is -0.445 e. The Morgan fingerprint density at radius 3 is 2.26 bits per heavy atom. The lowest BCUT2D eigenvalue weighted by molar-refractivity contribution is -0.199. The molecule has 3 aliphatic heterocycles. The molecule has 53 heavy (non-hydrogen) atoms. The molecule has 0 spiro atoms. The molecule has 2 bridgehead atoms. The summed E-state index contributed by atoms with van der Waals surface area (Å²) in [7, 11) is -0.630. The summed E-state index contributed by atoms with van der Waals surface area (Å²) in [5.41, 5.74) is 2.68. The fourth-order valence-electron chi connectivity index (χ4n) is 9.35. The van der Waals surface area contributed by atoms with Gasteiger partial charge in [-0.3, -0.25) is 14.5 Å². The monoisotopic (exact) mass is 728 g/mol. The zero-order chi connectivity index (χ0) is 37.7. The van der Waals surface area contributed by atoms with Crippen LogP contribution in [0.5, 0.6) is 0 Å². The van der Waals surface area contributed by atoms with Crippen LogP contribution in [0.2, 0.25) is 0 Å². The second-order valence-electron chi connectivity index (χ2n) is 16.7. The Balaban J connectivity index is 1.05. The molecule has 0 radical (unpaired) electrons. The number of likely N-dealkylation sites (tertiary alicyclic amines) is 1. The van der Waals surface area contributed by atoms with E-state index in [4.69, 9.17) is 18.8 Å². The third kappa shape index (κ3) is 7.14. The molecule has 3 heterocycles. The lowest BCUT2D eigenvalue weighted by Gasteiger charge is -2.64. The number of ether oxygens (including phenoxy) is 2. The van der Waals surface area contributed by atoms with Gasteiger partial charge in [-0.15, -0.1) is 0 Å². The SMILES string of the molecule is CC[C@H](NC(=O)[C@@H]1C[C@@H](OC(=O)N2Cc3ccccc3C2)CN1C(=O)[C@@H](NC(=O)OCc1ccccc1)C(C)C)B1O[C@@H]2C[C@H]3C[C@H](C3(C)C)[C@]2(C)O1. The number of hydrogen-bond acceptors (Lipinski definition) is 8. The van der Waals surface area contributed by atoms with Crippen molar-refractivity contribution in [3.8, 4) is 0 Å². The molecular formula is C40H53BN4O8. The van der Waals surface area contributed by atoms with Crippen molar-refractivity contribution in [1.82, 2.24) is 20.4 Å². The van der Waals surface area contributed by atoms with Crippen LogP contribution in [0.3, 0.4) is 0 Å². The maximum Gasteiger partial charge on any atom is 0.481 e. The van der Waals surface area contributed by atoms with Gasteiger partial charge in [0, 0.05) is 19.5 Å². The van der Waals surface area contributed by atoms with Gasteiger partial charge in [0.15, 0.2) is 0 Å². The van der Waals surface area contributed by atoms with Gasteiger partial charge >= 0.3 is 19.3 Å². The van der Waals surface area contributed by atoms with Crippen LogP contribution >= 0.6 is 0 Å². The quantitative estimate of drug-likeness (QED) is 0.318. The van der Waals surface area contributed by atoms with Crippen molar-refractivity contribution in [3.63, 3.8) is 0 Å². The first-order valence-electron chi connectivity index (χ1n) is 19.2. The summed E-state index contributed by atoms with van der Waals surface area (Å²) >= 11 is 0. The molecule has 6 aliphatic rings. The number of alkyl carbamates (subject to hydrolysis) is 1. The molecule has 5 fully saturated rings. The predicted octanol–water partition coefficient (Wildman–Crippen LogP) is 5.22. The van der Waals surface area contributed by atoms with Crippen LogP contribution in [-0.2, 0) is 48.1 Å². The normalized spacial score (nSPS) is 29.1. The Labute approximate surface area is 312 Å². The lowest BCUT2D eigenvalue weighted by atomic mass is 9.43. The maximum absolute atomic E-state index is 14.3. The minimum absolute atomic E-state index is 0.00106. The van der Waals surface area contributed by atoms with E-state index in [1.807, 2.05) is 75.4 Å². The van der Waals surface area contributed by atoms with Crippen molar-refractivity contribution in [1.29, 1.82) is 0 Å². The lowest BCUT2D eigenvalue weighted by Crippen LogP contribution is -2.65. The van der Waals surface area contributed by atoms with Gasteiger partial charge in [-0.2, -0.15) is 0 Å². The highest BCUT2D eigenvalue weighted by molar-refractivity contribution is 6.47. The van der Waals surface area contributed by atoms with Crippen LogP contribution in [0.4, 0.5) is 9.59 Å². The van der Waals surface area contributed by atoms with Gasteiger partial charge in [-0.25, -0.2) is 9.59 Å². The number of nitrogens with one attached hydrogen (secondary N) is 2. The highest BCUT2D eigenvalue weighted by Crippen LogP contribution is 2.65. The number of rotatable bonds is 10. The summed E-state index contributed by atoms with van der Waals surface area (Å²) in [6.45, 7) is 13.3. The molecule has 8 rings (SSSR count). The number of fused-ring (bicyclic) bond motifs is 1. The van der Waals surface area contributed by atoms with Crippen molar-refractivity contribution in [2.75, 3.05) is 6.54 Å². The Morgan fingerprint density at radius 1 is 0.943 bits per heavy atom. The zero-order valence-electron chi connectivity index (χ0n) is 31.7. The zero-order valence-corrected chi connectivity index (χ0v) is 31.7. The largest absolute Gasteiger partial charge is 0.481 e. The van der Waals surface area contributed by atoms with Gasteiger partial charge < -0.3 is 34.3 Å². The first kappa shape index (κ1) is 37.2. The first-order chi connectivity index (χ1) is 25.3. The number of hydrogen-bond donors (Lipinski definition) is 2. The Bertz CT molecular complexity index is 1680. The minimum atomic E-state index is -0.988. The first-order valence-corrected chi connectivity index (χ1v) is 19.2. The average molecular weight is 729 g/mol. The molecule has 284 valence electrons. The van der Waals surface area contributed by atoms with Crippen LogP contribution in [0, 0.1) is 23.2 Å². The van der Waals surface area contributed by atoms with Gasteiger partial charge in [0.2, 0.25) is 11.8 Å². The number of nitrogens with zero attached hydrogens (tertiary/aromatic N) is 2. The van der Waals surface area contributed by atoms with Crippen molar-refractivity contribution in [3.05, 3.63) is 71.3 Å². The van der Waals surface area contributed by atoms with E-state index in [1.54, 1.807) is 4.90 Å². The van der Waals surface area contributed by atoms with Crippen LogP contribution in [-0.4, -0.2) is 83.3 Å². The molecular weight excluding hydrogens is 675 g/mol. The summed E-state index contributed by atoms with van der Waals surface area (Å²) in [5, 5.41) is 5.89. The van der Waals surface area contributed by atoms with E-state index >= 15 is 0 Å². The highest BCUT2D eigenvalue weighted by atomic mass is 16.7. The fraction of sp³-hybridized carbons (Fsp3) is 0.600. The smallest absolute Gasteiger partial charge is 0.445 e. The average Bonchev–Trinajstić information content (AvgIpc) is 3.86. The number of carbonyl (C=O) groups excluding carboxylic acids is 4. The third-order valence-corrected chi connectivity index (χ3v) is 12.7. The van der Waals surface area contributed by atoms with Crippen molar-refractivity contribution < 1.29 is 38.0 Å². The number of carbonyl (C=O) groups is 4. The molecule has 8 atom stereocenters. The fourth-order valence-corrected chi connectivity index (χ4v) is 9.35. The van der Waals surface area contributed by atoms with Gasteiger partial charge in [-0.1, -0.05) is 89.2 Å². The second kappa shape index (κ2) is 14.6. The van der Waals surface area contributed by atoms with Gasteiger partial charge in [-0.05, 0) is 66.0 Å². The summed E-state index contributed by atoms with van der Waals surface area (Å²) in [6.07, 6.45) is 0.682. The molecule has 2 saturated heterocycles. The molecule has 2 aromatic rings. The summed E-state index contributed by atoms with van der Waals surface area (Å²) < 4.78 is 24.7. The van der Waals surface area contributed by atoms with Crippen LogP contribution in [0.1, 0.15) is 83.9 Å². The van der Waals surface area contributed by atoms with Crippen molar-refractivity contribution in [2.45, 2.75) is 123 Å². The van der Waals surface area contributed by atoms with E-state index in [1.165, 1.54) is 4.90 Å². The summed E-state index contributed by atoms with van der Waals surface area (Å²) in [6, 6.07) is 15.2. The molecule has 2 N–H and O–H groups in total. The molecule has 3 saturated carbocycles. The van der Waals surface area contributed by atoms with E-state index in [0.29, 0.717) is 31.3 Å². The van der Waals surface area contributed by atoms with E-state index < -0.39 is 54.9 Å². The topological polar surface area (TPSA) is 136 Å². The van der Waals surface area contributed by atoms with E-state index in [9.17, 15) is 19.2 Å². The Morgan fingerprint density at radius 2 is 1.62 bits per heavy atom. The number of amides is 4. The Kier molecular flexibility index (Phi) is 10.3. The van der Waals surface area contributed by atoms with Crippen molar-refractivity contribution >= 4 is 31.1 Å². The molecule has 12 nitrogen and oxygen atoms in total. The van der Waals surface area contributed by atoms with Crippen LogP contribution in [0.25, 0.3) is 0 Å². The third-order valence-electron chi connectivity index (χ3n) is 12.7. The summed E-state index contributed by atoms with van der Waals surface area (Å²) in [4.78, 5) is 58.1. The molecule has 3 aliphatic carbocycles. The Hall–Kier alpha value is -4.10. The van der Waals surface area contributed by atoms with E-state index in [2.05, 4.69) is 31.4 Å². The molecule has 13 heteroatoms. The highest BCUT2D eigenvalue weighted by Gasteiger charge is 2.68. The predicted molar refractivity (Wildman–Crippen MR) is 197 cm³/mol.